The molecule has 0 atom stereocenters. The third-order valence-electron chi connectivity index (χ3n) is 5.88. The number of nitrogens with one attached hydrogen (secondary N) is 1. The van der Waals surface area contributed by atoms with Crippen LogP contribution in [0.15, 0.2) is 53.9 Å². The number of rotatable bonds is 10. The van der Waals surface area contributed by atoms with Crippen molar-refractivity contribution in [3.63, 3.8) is 0 Å². The monoisotopic (exact) mass is 493 g/mol. The normalized spacial score (nSPS) is 12.0. The minimum atomic E-state index is -0.942. The van der Waals surface area contributed by atoms with Gasteiger partial charge in [-0.25, -0.2) is 9.78 Å². The number of carbonyl (C=O) groups excluding carboxylic acids is 2. The SMILES string of the molecule is CCCN(CCC(=O)O)C(=O)Cc1csc(NC(=O)OCC2c3ccccc3-c3ccccc32)n1. The zero-order chi connectivity index (χ0) is 24.8. The average molecular weight is 494 g/mol. The largest absolute Gasteiger partial charge is 0.481 e. The Hall–Kier alpha value is -3.72. The van der Waals surface area contributed by atoms with Gasteiger partial charge in [0.15, 0.2) is 5.13 Å². The lowest BCUT2D eigenvalue weighted by Crippen LogP contribution is -2.34. The fourth-order valence-corrected chi connectivity index (χ4v) is 4.99. The van der Waals surface area contributed by atoms with Crippen molar-refractivity contribution >= 4 is 34.4 Å². The second-order valence-corrected chi connectivity index (χ2v) is 9.15. The van der Waals surface area contributed by atoms with Gasteiger partial charge in [-0.2, -0.15) is 0 Å². The summed E-state index contributed by atoms with van der Waals surface area (Å²) in [6, 6.07) is 16.3. The minimum absolute atomic E-state index is 0.0343. The first-order chi connectivity index (χ1) is 17.0. The zero-order valence-electron chi connectivity index (χ0n) is 19.4. The molecular formula is C26H27N3O5S. The molecule has 2 aromatic carbocycles. The molecule has 0 radical (unpaired) electrons. The van der Waals surface area contributed by atoms with Crippen molar-refractivity contribution in [1.29, 1.82) is 0 Å². The standard InChI is InChI=1S/C26H27N3O5S/c1-2-12-29(13-11-24(31)32)23(30)14-17-16-35-25(27-17)28-26(33)34-15-22-20-9-5-3-7-18(20)19-8-4-6-10-21(19)22/h3-10,16,22H,2,11-15H2,1H3,(H,31,32)(H,27,28,33). The fraction of sp³-hybridized carbons (Fsp3) is 0.308. The first-order valence-electron chi connectivity index (χ1n) is 11.5. The van der Waals surface area contributed by atoms with Crippen LogP contribution in [0.1, 0.15) is 42.5 Å². The van der Waals surface area contributed by atoms with Crippen molar-refractivity contribution in [2.75, 3.05) is 25.0 Å². The quantitative estimate of drug-likeness (QED) is 0.422. The number of ether oxygens (including phenoxy) is 1. The number of nitrogens with zero attached hydrogens (tertiary/aromatic N) is 2. The van der Waals surface area contributed by atoms with E-state index in [0.29, 0.717) is 17.4 Å². The highest BCUT2D eigenvalue weighted by atomic mass is 32.1. The molecule has 35 heavy (non-hydrogen) atoms. The number of aromatic nitrogens is 1. The first kappa shape index (κ1) is 24.4. The van der Waals surface area contributed by atoms with Crippen LogP contribution in [0.3, 0.4) is 0 Å². The number of aliphatic carboxylic acids is 1. The van der Waals surface area contributed by atoms with E-state index >= 15 is 0 Å². The highest BCUT2D eigenvalue weighted by Gasteiger charge is 2.29. The second-order valence-electron chi connectivity index (χ2n) is 8.30. The van der Waals surface area contributed by atoms with E-state index in [1.807, 2.05) is 31.2 Å². The van der Waals surface area contributed by atoms with Crippen molar-refractivity contribution < 1.29 is 24.2 Å². The average Bonchev–Trinajstić information content (AvgIpc) is 3.42. The fourth-order valence-electron chi connectivity index (χ4n) is 4.30. The molecule has 4 rings (SSSR count). The summed E-state index contributed by atoms with van der Waals surface area (Å²) in [6.45, 7) is 2.78. The van der Waals surface area contributed by atoms with Crippen LogP contribution in [-0.4, -0.2) is 52.7 Å². The number of thiazole rings is 1. The van der Waals surface area contributed by atoms with Crippen LogP contribution in [0.4, 0.5) is 9.93 Å². The number of anilines is 1. The predicted molar refractivity (Wildman–Crippen MR) is 134 cm³/mol. The van der Waals surface area contributed by atoms with Gasteiger partial charge in [0, 0.05) is 24.4 Å². The van der Waals surface area contributed by atoms with Gasteiger partial charge < -0.3 is 14.7 Å². The van der Waals surface area contributed by atoms with Crippen LogP contribution < -0.4 is 5.32 Å². The van der Waals surface area contributed by atoms with Crippen molar-refractivity contribution in [1.82, 2.24) is 9.88 Å². The van der Waals surface area contributed by atoms with Crippen LogP contribution >= 0.6 is 11.3 Å². The van der Waals surface area contributed by atoms with Crippen LogP contribution in [0.5, 0.6) is 0 Å². The molecule has 1 aromatic heterocycles. The first-order valence-corrected chi connectivity index (χ1v) is 12.4. The van der Waals surface area contributed by atoms with Gasteiger partial charge in [-0.05, 0) is 28.7 Å². The zero-order valence-corrected chi connectivity index (χ0v) is 20.2. The molecule has 8 nitrogen and oxygen atoms in total. The molecule has 1 heterocycles. The van der Waals surface area contributed by atoms with E-state index in [0.717, 1.165) is 28.7 Å². The maximum absolute atomic E-state index is 12.6. The van der Waals surface area contributed by atoms with Crippen LogP contribution in [0.25, 0.3) is 11.1 Å². The van der Waals surface area contributed by atoms with Crippen molar-refractivity contribution in [3.05, 3.63) is 70.7 Å². The number of carboxylic acid groups (broad SMARTS) is 1. The van der Waals surface area contributed by atoms with Crippen LogP contribution in [0.2, 0.25) is 0 Å². The molecule has 1 aliphatic rings. The van der Waals surface area contributed by atoms with Gasteiger partial charge in [0.25, 0.3) is 0 Å². The van der Waals surface area contributed by atoms with Gasteiger partial charge in [0.05, 0.1) is 18.5 Å². The lowest BCUT2D eigenvalue weighted by Gasteiger charge is -2.20. The smallest absolute Gasteiger partial charge is 0.413 e. The van der Waals surface area contributed by atoms with Gasteiger partial charge in [0.2, 0.25) is 5.91 Å². The summed E-state index contributed by atoms with van der Waals surface area (Å²) in [5.41, 5.74) is 5.11. The van der Waals surface area contributed by atoms with E-state index in [2.05, 4.69) is 34.6 Å². The Bertz CT molecular complexity index is 1180. The molecule has 0 fully saturated rings. The maximum Gasteiger partial charge on any atom is 0.413 e. The molecule has 0 unspecified atom stereocenters. The molecular weight excluding hydrogens is 466 g/mol. The van der Waals surface area contributed by atoms with Gasteiger partial charge in [-0.15, -0.1) is 11.3 Å². The minimum Gasteiger partial charge on any atom is -0.481 e. The molecule has 1 aliphatic carbocycles. The topological polar surface area (TPSA) is 109 Å². The summed E-state index contributed by atoms with van der Waals surface area (Å²) in [5.74, 6) is -1.17. The van der Waals surface area contributed by atoms with Crippen molar-refractivity contribution in [2.24, 2.45) is 0 Å². The molecule has 0 saturated carbocycles. The third kappa shape index (κ3) is 5.86. The van der Waals surface area contributed by atoms with Gasteiger partial charge in [-0.3, -0.25) is 14.9 Å². The summed E-state index contributed by atoms with van der Waals surface area (Å²) in [4.78, 5) is 41.8. The highest BCUT2D eigenvalue weighted by Crippen LogP contribution is 2.44. The molecule has 0 bridgehead atoms. The number of carboxylic acids is 1. The molecule has 3 aromatic rings. The Morgan fingerprint density at radius 1 is 1.06 bits per heavy atom. The molecule has 0 saturated heterocycles. The Balaban J connectivity index is 1.33. The van der Waals surface area contributed by atoms with E-state index in [4.69, 9.17) is 9.84 Å². The molecule has 0 aliphatic heterocycles. The number of carbonyl (C=O) groups is 3. The lowest BCUT2D eigenvalue weighted by molar-refractivity contribution is -0.138. The lowest BCUT2D eigenvalue weighted by atomic mass is 9.98. The summed E-state index contributed by atoms with van der Waals surface area (Å²) in [5, 5.41) is 13.6. The Morgan fingerprint density at radius 2 is 1.71 bits per heavy atom. The molecule has 2 amide bonds. The number of hydrogen-bond acceptors (Lipinski definition) is 6. The van der Waals surface area contributed by atoms with Gasteiger partial charge in [-0.1, -0.05) is 55.5 Å². The van der Waals surface area contributed by atoms with Gasteiger partial charge >= 0.3 is 12.1 Å². The van der Waals surface area contributed by atoms with Crippen LogP contribution in [0, 0.1) is 0 Å². The summed E-state index contributed by atoms with van der Waals surface area (Å²) in [7, 11) is 0. The summed E-state index contributed by atoms with van der Waals surface area (Å²) >= 11 is 1.21. The van der Waals surface area contributed by atoms with E-state index in [1.54, 1.807) is 5.38 Å². The number of hydrogen-bond donors (Lipinski definition) is 2. The Labute approximate surface area is 207 Å². The van der Waals surface area contributed by atoms with E-state index < -0.39 is 12.1 Å². The maximum atomic E-state index is 12.6. The highest BCUT2D eigenvalue weighted by molar-refractivity contribution is 7.13. The Kier molecular flexibility index (Phi) is 7.77. The number of fused-ring (bicyclic) bond motifs is 3. The number of benzene rings is 2. The van der Waals surface area contributed by atoms with E-state index in [1.165, 1.54) is 16.2 Å². The second kappa shape index (κ2) is 11.1. The van der Waals surface area contributed by atoms with Gasteiger partial charge in [0.1, 0.15) is 6.61 Å². The van der Waals surface area contributed by atoms with E-state index in [-0.39, 0.29) is 37.8 Å². The third-order valence-corrected chi connectivity index (χ3v) is 6.69. The summed E-state index contributed by atoms with van der Waals surface area (Å²) < 4.78 is 5.54. The van der Waals surface area contributed by atoms with Crippen molar-refractivity contribution in [2.45, 2.75) is 32.1 Å². The molecule has 2 N–H and O–H groups in total. The molecule has 182 valence electrons. The van der Waals surface area contributed by atoms with Crippen LogP contribution in [-0.2, 0) is 20.7 Å². The predicted octanol–water partition coefficient (Wildman–Crippen LogP) is 4.76. The Morgan fingerprint density at radius 3 is 2.34 bits per heavy atom. The molecule has 9 heteroatoms. The van der Waals surface area contributed by atoms with Crippen molar-refractivity contribution in [3.8, 4) is 11.1 Å². The number of amides is 2. The molecule has 0 spiro atoms. The summed E-state index contributed by atoms with van der Waals surface area (Å²) in [6.07, 6.45) is 0.0739. The van der Waals surface area contributed by atoms with E-state index in [9.17, 15) is 14.4 Å².